The fraction of sp³-hybridized carbons (Fsp3) is 0.364. The molecule has 5 heteroatoms. The molecule has 0 saturated heterocycles. The van der Waals surface area contributed by atoms with Crippen molar-refractivity contribution in [2.45, 2.75) is 19.9 Å². The Morgan fingerprint density at radius 1 is 1.44 bits per heavy atom. The molecule has 1 unspecified atom stereocenters. The fourth-order valence-corrected chi connectivity index (χ4v) is 1.71. The topological polar surface area (TPSA) is 78.3 Å². The van der Waals surface area contributed by atoms with E-state index in [1.165, 1.54) is 0 Å². The zero-order valence-corrected chi connectivity index (χ0v) is 10.0. The lowest BCUT2D eigenvalue weighted by Gasteiger charge is -2.14. The molecular formula is C11H15ClN2O2. The molecule has 0 saturated carbocycles. The maximum atomic E-state index is 10.7. The Balaban J connectivity index is 2.78. The number of amides is 1. The molecule has 0 bridgehead atoms. The molecule has 0 aliphatic carbocycles. The van der Waals surface area contributed by atoms with Gasteiger partial charge in [0.25, 0.3) is 0 Å². The van der Waals surface area contributed by atoms with Crippen LogP contribution in [0.25, 0.3) is 0 Å². The Bertz CT molecular complexity index is 384. The third-order valence-corrected chi connectivity index (χ3v) is 2.42. The van der Waals surface area contributed by atoms with Crippen LogP contribution in [0.3, 0.4) is 0 Å². The Kier molecular flexibility index (Phi) is 4.15. The van der Waals surface area contributed by atoms with Gasteiger partial charge >= 0.3 is 0 Å². The SMILES string of the molecule is Cc1cc(Cl)cc(C)c1OCC(N)C(N)=O. The van der Waals surface area contributed by atoms with E-state index in [9.17, 15) is 4.79 Å². The summed E-state index contributed by atoms with van der Waals surface area (Å²) in [7, 11) is 0. The molecule has 1 aromatic rings. The molecule has 88 valence electrons. The number of rotatable bonds is 4. The van der Waals surface area contributed by atoms with Crippen molar-refractivity contribution in [3.8, 4) is 5.75 Å². The molecule has 0 spiro atoms. The average Bonchev–Trinajstić information content (AvgIpc) is 2.15. The van der Waals surface area contributed by atoms with Gasteiger partial charge in [0.05, 0.1) is 0 Å². The van der Waals surface area contributed by atoms with Gasteiger partial charge in [0.1, 0.15) is 18.4 Å². The van der Waals surface area contributed by atoms with Crippen molar-refractivity contribution in [1.82, 2.24) is 0 Å². The van der Waals surface area contributed by atoms with Crippen LogP contribution >= 0.6 is 11.6 Å². The largest absolute Gasteiger partial charge is 0.491 e. The molecule has 1 aromatic carbocycles. The quantitative estimate of drug-likeness (QED) is 0.831. The molecule has 0 radical (unpaired) electrons. The average molecular weight is 243 g/mol. The molecule has 0 aliphatic heterocycles. The van der Waals surface area contributed by atoms with E-state index in [1.807, 2.05) is 13.8 Å². The minimum atomic E-state index is -0.797. The van der Waals surface area contributed by atoms with Crippen LogP contribution in [0, 0.1) is 13.8 Å². The first-order chi connectivity index (χ1) is 7.41. The van der Waals surface area contributed by atoms with Gasteiger partial charge in [0.2, 0.25) is 5.91 Å². The second-order valence-corrected chi connectivity index (χ2v) is 4.13. The summed E-state index contributed by atoms with van der Waals surface area (Å²) in [5.41, 5.74) is 12.3. The van der Waals surface area contributed by atoms with Gasteiger partial charge in [-0.25, -0.2) is 0 Å². The highest BCUT2D eigenvalue weighted by Crippen LogP contribution is 2.26. The van der Waals surface area contributed by atoms with Gasteiger partial charge in [-0.05, 0) is 37.1 Å². The van der Waals surface area contributed by atoms with Crippen molar-refractivity contribution in [3.05, 3.63) is 28.3 Å². The predicted octanol–water partition coefficient (Wildman–Crippen LogP) is 1.15. The van der Waals surface area contributed by atoms with Gasteiger partial charge in [-0.1, -0.05) is 11.6 Å². The number of primary amides is 1. The molecule has 4 N–H and O–H groups in total. The molecule has 1 atom stereocenters. The summed E-state index contributed by atoms with van der Waals surface area (Å²) in [4.78, 5) is 10.7. The van der Waals surface area contributed by atoms with Gasteiger partial charge in [0, 0.05) is 5.02 Å². The molecule has 4 nitrogen and oxygen atoms in total. The highest BCUT2D eigenvalue weighted by Gasteiger charge is 2.12. The van der Waals surface area contributed by atoms with E-state index < -0.39 is 11.9 Å². The molecule has 16 heavy (non-hydrogen) atoms. The number of halogens is 1. The van der Waals surface area contributed by atoms with Crippen molar-refractivity contribution in [3.63, 3.8) is 0 Å². The lowest BCUT2D eigenvalue weighted by Crippen LogP contribution is -2.41. The summed E-state index contributed by atoms with van der Waals surface area (Å²) in [5.74, 6) is 0.116. The highest BCUT2D eigenvalue weighted by atomic mass is 35.5. The van der Waals surface area contributed by atoms with Crippen molar-refractivity contribution >= 4 is 17.5 Å². The van der Waals surface area contributed by atoms with Crippen LogP contribution in [0.4, 0.5) is 0 Å². The van der Waals surface area contributed by atoms with Crippen LogP contribution in [0.15, 0.2) is 12.1 Å². The van der Waals surface area contributed by atoms with Gasteiger partial charge in [-0.15, -0.1) is 0 Å². The Labute approximate surface area is 99.5 Å². The van der Waals surface area contributed by atoms with E-state index in [1.54, 1.807) is 12.1 Å². The summed E-state index contributed by atoms with van der Waals surface area (Å²) < 4.78 is 5.46. The van der Waals surface area contributed by atoms with E-state index in [0.29, 0.717) is 10.8 Å². The smallest absolute Gasteiger partial charge is 0.237 e. The molecule has 1 amide bonds. The second-order valence-electron chi connectivity index (χ2n) is 3.69. The summed E-state index contributed by atoms with van der Waals surface area (Å²) in [5, 5.41) is 0.654. The number of hydrogen-bond donors (Lipinski definition) is 2. The maximum Gasteiger partial charge on any atom is 0.237 e. The summed E-state index contributed by atoms with van der Waals surface area (Å²) in [6.45, 7) is 3.83. The number of benzene rings is 1. The van der Waals surface area contributed by atoms with E-state index in [2.05, 4.69) is 0 Å². The van der Waals surface area contributed by atoms with Crippen LogP contribution in [0.5, 0.6) is 5.75 Å². The number of hydrogen-bond acceptors (Lipinski definition) is 3. The summed E-state index contributed by atoms with van der Waals surface area (Å²) in [6, 6.07) is 2.79. The van der Waals surface area contributed by atoms with Crippen LogP contribution < -0.4 is 16.2 Å². The summed E-state index contributed by atoms with van der Waals surface area (Å²) >= 11 is 5.88. The molecular weight excluding hydrogens is 228 g/mol. The van der Waals surface area contributed by atoms with Crippen LogP contribution in [0.2, 0.25) is 5.02 Å². The van der Waals surface area contributed by atoms with E-state index in [4.69, 9.17) is 27.8 Å². The number of carbonyl (C=O) groups excluding carboxylic acids is 1. The van der Waals surface area contributed by atoms with Crippen molar-refractivity contribution < 1.29 is 9.53 Å². The zero-order chi connectivity index (χ0) is 12.3. The first-order valence-corrected chi connectivity index (χ1v) is 5.24. The third kappa shape index (κ3) is 3.12. The van der Waals surface area contributed by atoms with Crippen LogP contribution in [0.1, 0.15) is 11.1 Å². The molecule has 0 heterocycles. The van der Waals surface area contributed by atoms with Crippen molar-refractivity contribution in [1.29, 1.82) is 0 Å². The molecule has 0 aliphatic rings. The number of aryl methyl sites for hydroxylation is 2. The number of nitrogens with two attached hydrogens (primary N) is 2. The van der Waals surface area contributed by atoms with Crippen molar-refractivity contribution in [2.75, 3.05) is 6.61 Å². The third-order valence-electron chi connectivity index (χ3n) is 2.20. The normalized spacial score (nSPS) is 12.2. The first-order valence-electron chi connectivity index (χ1n) is 4.86. The standard InChI is InChI=1S/C11H15ClN2O2/c1-6-3-8(12)4-7(2)10(6)16-5-9(13)11(14)15/h3-4,9H,5,13H2,1-2H3,(H2,14,15). The van der Waals surface area contributed by atoms with Gasteiger partial charge in [0.15, 0.2) is 0 Å². The van der Waals surface area contributed by atoms with Crippen LogP contribution in [-0.4, -0.2) is 18.6 Å². The lowest BCUT2D eigenvalue weighted by atomic mass is 10.1. The molecule has 1 rings (SSSR count). The van der Waals surface area contributed by atoms with Crippen molar-refractivity contribution in [2.24, 2.45) is 11.5 Å². The first kappa shape index (κ1) is 12.8. The van der Waals surface area contributed by atoms with Gasteiger partial charge in [-0.2, -0.15) is 0 Å². The Hall–Kier alpha value is -1.26. The van der Waals surface area contributed by atoms with E-state index >= 15 is 0 Å². The fourth-order valence-electron chi connectivity index (χ4n) is 1.38. The number of carbonyl (C=O) groups is 1. The molecule has 0 fully saturated rings. The monoisotopic (exact) mass is 242 g/mol. The lowest BCUT2D eigenvalue weighted by molar-refractivity contribution is -0.119. The Morgan fingerprint density at radius 3 is 2.38 bits per heavy atom. The maximum absolute atomic E-state index is 10.7. The van der Waals surface area contributed by atoms with Crippen LogP contribution in [-0.2, 0) is 4.79 Å². The minimum Gasteiger partial charge on any atom is -0.491 e. The van der Waals surface area contributed by atoms with E-state index in [-0.39, 0.29) is 6.61 Å². The number of ether oxygens (including phenoxy) is 1. The van der Waals surface area contributed by atoms with E-state index in [0.717, 1.165) is 11.1 Å². The van der Waals surface area contributed by atoms with Gasteiger partial charge in [-0.3, -0.25) is 4.79 Å². The highest BCUT2D eigenvalue weighted by molar-refractivity contribution is 6.30. The predicted molar refractivity (Wildman–Crippen MR) is 63.6 cm³/mol. The zero-order valence-electron chi connectivity index (χ0n) is 9.29. The Morgan fingerprint density at radius 2 is 1.94 bits per heavy atom. The van der Waals surface area contributed by atoms with Gasteiger partial charge < -0.3 is 16.2 Å². The summed E-state index contributed by atoms with van der Waals surface area (Å²) in [6.07, 6.45) is 0. The minimum absolute atomic E-state index is 0.0681. The molecule has 0 aromatic heterocycles. The second kappa shape index (κ2) is 5.18.